The Kier molecular flexibility index (Phi) is 5.02. The van der Waals surface area contributed by atoms with E-state index < -0.39 is 0 Å². The van der Waals surface area contributed by atoms with E-state index in [9.17, 15) is 4.79 Å². The Balaban J connectivity index is 1.44. The Morgan fingerprint density at radius 3 is 3.07 bits per heavy atom. The van der Waals surface area contributed by atoms with E-state index in [0.717, 1.165) is 41.2 Å². The van der Waals surface area contributed by atoms with Gasteiger partial charge < -0.3 is 10.6 Å². The third-order valence-electron chi connectivity index (χ3n) is 5.50. The van der Waals surface area contributed by atoms with Crippen LogP contribution in [0.4, 0.5) is 0 Å². The minimum absolute atomic E-state index is 0.0728. The van der Waals surface area contributed by atoms with Gasteiger partial charge in [-0.1, -0.05) is 6.07 Å². The van der Waals surface area contributed by atoms with Crippen LogP contribution in [-0.2, 0) is 0 Å². The van der Waals surface area contributed by atoms with Gasteiger partial charge >= 0.3 is 0 Å². The molecule has 1 unspecified atom stereocenters. The molecule has 0 radical (unpaired) electrons. The first-order valence-corrected chi connectivity index (χ1v) is 11.0. The maximum atomic E-state index is 12.8. The summed E-state index contributed by atoms with van der Waals surface area (Å²) in [6.07, 6.45) is 7.54. The van der Waals surface area contributed by atoms with Gasteiger partial charge in [0.05, 0.1) is 28.0 Å². The van der Waals surface area contributed by atoms with Gasteiger partial charge in [0.15, 0.2) is 5.65 Å². The van der Waals surface area contributed by atoms with Crippen molar-refractivity contribution in [3.8, 4) is 21.8 Å². The third kappa shape index (κ3) is 3.59. The summed E-state index contributed by atoms with van der Waals surface area (Å²) in [5.74, 6) is -0.0939. The second-order valence-corrected chi connectivity index (χ2v) is 8.46. The van der Waals surface area contributed by atoms with Gasteiger partial charge in [0, 0.05) is 30.0 Å². The Labute approximate surface area is 178 Å². The van der Waals surface area contributed by atoms with Crippen LogP contribution >= 0.6 is 11.3 Å². The Morgan fingerprint density at radius 2 is 2.27 bits per heavy atom. The van der Waals surface area contributed by atoms with Gasteiger partial charge in [0.1, 0.15) is 0 Å². The van der Waals surface area contributed by atoms with Gasteiger partial charge in [-0.25, -0.2) is 9.50 Å². The number of nitrogens with zero attached hydrogens (tertiary/aromatic N) is 4. The number of nitrogens with one attached hydrogen (secondary N) is 2. The van der Waals surface area contributed by atoms with Crippen LogP contribution < -0.4 is 10.6 Å². The lowest BCUT2D eigenvalue weighted by Gasteiger charge is -2.20. The molecule has 0 saturated carbocycles. The third-order valence-corrected chi connectivity index (χ3v) is 6.39. The molecular weight excluding hydrogens is 396 g/mol. The van der Waals surface area contributed by atoms with E-state index in [-0.39, 0.29) is 11.9 Å². The van der Waals surface area contributed by atoms with Gasteiger partial charge in [-0.15, -0.1) is 11.3 Å². The molecule has 1 fully saturated rings. The lowest BCUT2D eigenvalue weighted by atomic mass is 10.1. The molecule has 2 N–H and O–H groups in total. The highest BCUT2D eigenvalue weighted by molar-refractivity contribution is 7.13. The van der Waals surface area contributed by atoms with Crippen LogP contribution in [-0.4, -0.2) is 44.1 Å². The number of aromatic nitrogens is 4. The maximum Gasteiger partial charge on any atom is 0.251 e. The number of pyridine rings is 1. The summed E-state index contributed by atoms with van der Waals surface area (Å²) < 4.78 is 1.73. The summed E-state index contributed by atoms with van der Waals surface area (Å²) in [7, 11) is 0. The zero-order chi connectivity index (χ0) is 20.5. The molecule has 8 heteroatoms. The van der Waals surface area contributed by atoms with E-state index in [0.29, 0.717) is 17.3 Å². The van der Waals surface area contributed by atoms with Crippen molar-refractivity contribution in [1.82, 2.24) is 30.2 Å². The van der Waals surface area contributed by atoms with Crippen molar-refractivity contribution in [3.63, 3.8) is 0 Å². The van der Waals surface area contributed by atoms with E-state index in [4.69, 9.17) is 4.98 Å². The fourth-order valence-electron chi connectivity index (χ4n) is 3.86. The SMILES string of the molecule is C[C@@H](NC(=O)c1ccnc(-c2cnn3ccc(-c4cccs4)nc23)c1)C1CCCN1. The number of fused-ring (bicyclic) bond motifs is 1. The predicted molar refractivity (Wildman–Crippen MR) is 117 cm³/mol. The predicted octanol–water partition coefficient (Wildman–Crippen LogP) is 3.39. The molecule has 0 aromatic carbocycles. The molecule has 4 aromatic rings. The first-order chi connectivity index (χ1) is 14.7. The number of carbonyl (C=O) groups is 1. The van der Waals surface area contributed by atoms with Crippen LogP contribution in [0, 0.1) is 0 Å². The van der Waals surface area contributed by atoms with E-state index in [1.54, 1.807) is 40.4 Å². The van der Waals surface area contributed by atoms with Crippen molar-refractivity contribution < 1.29 is 4.79 Å². The first-order valence-electron chi connectivity index (χ1n) is 10.1. The minimum Gasteiger partial charge on any atom is -0.348 e. The van der Waals surface area contributed by atoms with Gasteiger partial charge in [-0.05, 0) is 56.0 Å². The van der Waals surface area contributed by atoms with E-state index in [1.807, 2.05) is 36.7 Å². The van der Waals surface area contributed by atoms with Crippen molar-refractivity contribution in [2.24, 2.45) is 0 Å². The lowest BCUT2D eigenvalue weighted by Crippen LogP contribution is -2.45. The lowest BCUT2D eigenvalue weighted by molar-refractivity contribution is 0.0933. The normalized spacial score (nSPS) is 17.3. The summed E-state index contributed by atoms with van der Waals surface area (Å²) in [6, 6.07) is 9.95. The number of amides is 1. The molecule has 1 aliphatic rings. The summed E-state index contributed by atoms with van der Waals surface area (Å²) in [5, 5.41) is 13.0. The quantitative estimate of drug-likeness (QED) is 0.519. The van der Waals surface area contributed by atoms with E-state index in [1.165, 1.54) is 0 Å². The molecule has 2 atom stereocenters. The topological polar surface area (TPSA) is 84.2 Å². The molecule has 152 valence electrons. The Morgan fingerprint density at radius 1 is 1.33 bits per heavy atom. The molecule has 0 aliphatic carbocycles. The van der Waals surface area contributed by atoms with Crippen LogP contribution in [0.3, 0.4) is 0 Å². The number of hydrogen-bond donors (Lipinski definition) is 2. The zero-order valence-electron chi connectivity index (χ0n) is 16.6. The Hall–Kier alpha value is -3.10. The largest absolute Gasteiger partial charge is 0.348 e. The molecule has 0 spiro atoms. The molecule has 1 aliphatic heterocycles. The molecule has 0 bridgehead atoms. The van der Waals surface area contributed by atoms with Crippen LogP contribution in [0.15, 0.2) is 54.3 Å². The standard InChI is InChI=1S/C22H22N6OS/c1-14(17-4-2-8-23-17)26-22(29)15-6-9-24-19(12-15)16-13-25-28-10-7-18(27-21(16)28)20-5-3-11-30-20/h3,5-7,9-14,17,23H,2,4,8H2,1H3,(H,26,29)/t14-,17?/m1/s1. The van der Waals surface area contributed by atoms with Crippen LogP contribution in [0.2, 0.25) is 0 Å². The fourth-order valence-corrected chi connectivity index (χ4v) is 4.55. The van der Waals surface area contributed by atoms with E-state index in [2.05, 4.69) is 20.7 Å². The average Bonchev–Trinajstić information content (AvgIpc) is 3.55. The van der Waals surface area contributed by atoms with Crippen molar-refractivity contribution >= 4 is 22.9 Å². The first kappa shape index (κ1) is 18.9. The van der Waals surface area contributed by atoms with E-state index >= 15 is 0 Å². The molecule has 7 nitrogen and oxygen atoms in total. The zero-order valence-corrected chi connectivity index (χ0v) is 17.4. The van der Waals surface area contributed by atoms with Gasteiger partial charge in [-0.2, -0.15) is 5.10 Å². The molecule has 5 rings (SSSR count). The van der Waals surface area contributed by atoms with Crippen molar-refractivity contribution in [1.29, 1.82) is 0 Å². The van der Waals surface area contributed by atoms with Gasteiger partial charge in [0.2, 0.25) is 0 Å². The van der Waals surface area contributed by atoms with Crippen LogP contribution in [0.1, 0.15) is 30.1 Å². The molecule has 1 saturated heterocycles. The number of hydrogen-bond acceptors (Lipinski definition) is 6. The molecule has 30 heavy (non-hydrogen) atoms. The average molecular weight is 419 g/mol. The number of carbonyl (C=O) groups excluding carboxylic acids is 1. The number of thiophene rings is 1. The van der Waals surface area contributed by atoms with Crippen molar-refractivity contribution in [2.75, 3.05) is 6.54 Å². The molecule has 1 amide bonds. The molecular formula is C22H22N6OS. The highest BCUT2D eigenvalue weighted by Gasteiger charge is 2.23. The van der Waals surface area contributed by atoms with Crippen LogP contribution in [0.5, 0.6) is 0 Å². The second kappa shape index (κ2) is 7.97. The summed E-state index contributed by atoms with van der Waals surface area (Å²) in [6.45, 7) is 3.06. The monoisotopic (exact) mass is 418 g/mol. The van der Waals surface area contributed by atoms with Crippen LogP contribution in [0.25, 0.3) is 27.5 Å². The second-order valence-electron chi connectivity index (χ2n) is 7.51. The highest BCUT2D eigenvalue weighted by atomic mass is 32.1. The van der Waals surface area contributed by atoms with Gasteiger partial charge in [0.25, 0.3) is 5.91 Å². The highest BCUT2D eigenvalue weighted by Crippen LogP contribution is 2.27. The summed E-state index contributed by atoms with van der Waals surface area (Å²) >= 11 is 1.65. The summed E-state index contributed by atoms with van der Waals surface area (Å²) in [5.41, 5.74) is 3.67. The Bertz CT molecular complexity index is 1180. The smallest absolute Gasteiger partial charge is 0.251 e. The minimum atomic E-state index is -0.0939. The molecule has 5 heterocycles. The van der Waals surface area contributed by atoms with Crippen molar-refractivity contribution in [3.05, 3.63) is 59.9 Å². The number of rotatable bonds is 5. The fraction of sp³-hybridized carbons (Fsp3) is 0.273. The summed E-state index contributed by atoms with van der Waals surface area (Å²) in [4.78, 5) is 23.2. The van der Waals surface area contributed by atoms with Crippen molar-refractivity contribution in [2.45, 2.75) is 31.8 Å². The molecule has 4 aromatic heterocycles. The van der Waals surface area contributed by atoms with Gasteiger partial charge in [-0.3, -0.25) is 9.78 Å². The maximum absolute atomic E-state index is 12.8.